The fourth-order valence-corrected chi connectivity index (χ4v) is 3.15. The lowest BCUT2D eigenvalue weighted by molar-refractivity contribution is 0.398. The Bertz CT molecular complexity index is 798. The van der Waals surface area contributed by atoms with E-state index in [0.29, 0.717) is 5.88 Å². The lowest BCUT2D eigenvalue weighted by Gasteiger charge is -2.09. The van der Waals surface area contributed by atoms with Gasteiger partial charge in [0.15, 0.2) is 0 Å². The molecule has 1 heterocycles. The van der Waals surface area contributed by atoms with Crippen LogP contribution in [-0.4, -0.2) is 20.5 Å². The van der Waals surface area contributed by atoms with Crippen LogP contribution in [0.3, 0.4) is 0 Å². The number of halogens is 1. The van der Waals surface area contributed by atoms with Gasteiger partial charge < -0.3 is 4.74 Å². The number of aromatic nitrogens is 1. The maximum Gasteiger partial charge on any atom is 0.263 e. The Labute approximate surface area is 127 Å². The molecule has 2 rings (SSSR count). The SMILES string of the molecule is COc1ccc(NS(=O)(=O)c2ccc(C#N)cc2Cl)cn1. The van der Waals surface area contributed by atoms with E-state index in [-0.39, 0.29) is 21.2 Å². The number of nitrogens with one attached hydrogen (secondary N) is 1. The van der Waals surface area contributed by atoms with Crippen molar-refractivity contribution in [3.8, 4) is 11.9 Å². The minimum atomic E-state index is -3.86. The molecule has 0 bridgehead atoms. The van der Waals surface area contributed by atoms with Crippen LogP contribution in [0.1, 0.15) is 5.56 Å². The summed E-state index contributed by atoms with van der Waals surface area (Å²) in [5.41, 5.74) is 0.557. The van der Waals surface area contributed by atoms with E-state index in [4.69, 9.17) is 21.6 Å². The molecule has 0 amide bonds. The molecule has 0 aliphatic carbocycles. The molecule has 0 atom stereocenters. The van der Waals surface area contributed by atoms with Gasteiger partial charge in [-0.1, -0.05) is 11.6 Å². The highest BCUT2D eigenvalue weighted by atomic mass is 35.5. The molecule has 2 aromatic rings. The first-order valence-corrected chi connectivity index (χ1v) is 7.55. The number of sulfonamides is 1. The van der Waals surface area contributed by atoms with Gasteiger partial charge in [-0.05, 0) is 24.3 Å². The fraction of sp³-hybridized carbons (Fsp3) is 0.0769. The zero-order chi connectivity index (χ0) is 15.5. The Kier molecular flexibility index (Phi) is 4.31. The summed E-state index contributed by atoms with van der Waals surface area (Å²) in [4.78, 5) is 3.79. The van der Waals surface area contributed by atoms with Crippen LogP contribution in [0.5, 0.6) is 5.88 Å². The second kappa shape index (κ2) is 5.99. The van der Waals surface area contributed by atoms with Gasteiger partial charge in [0.25, 0.3) is 10.0 Å². The van der Waals surface area contributed by atoms with Gasteiger partial charge in [0.2, 0.25) is 5.88 Å². The van der Waals surface area contributed by atoms with Gasteiger partial charge in [-0.15, -0.1) is 0 Å². The average molecular weight is 324 g/mol. The standard InChI is InChI=1S/C13H10ClN3O3S/c1-20-13-5-3-10(8-16-13)17-21(18,19)12-4-2-9(7-15)6-11(12)14/h2-6,8,17H,1H3. The second-order valence-electron chi connectivity index (χ2n) is 3.95. The molecule has 0 radical (unpaired) electrons. The maximum atomic E-state index is 12.2. The van der Waals surface area contributed by atoms with E-state index in [0.717, 1.165) is 0 Å². The number of rotatable bonds is 4. The lowest BCUT2D eigenvalue weighted by atomic mass is 10.2. The normalized spacial score (nSPS) is 10.7. The topological polar surface area (TPSA) is 92.1 Å². The molecule has 0 aliphatic heterocycles. The van der Waals surface area contributed by atoms with Crippen molar-refractivity contribution in [2.45, 2.75) is 4.90 Å². The van der Waals surface area contributed by atoms with E-state index >= 15 is 0 Å². The molecule has 6 nitrogen and oxygen atoms in total. The monoisotopic (exact) mass is 323 g/mol. The summed E-state index contributed by atoms with van der Waals surface area (Å²) in [6.07, 6.45) is 1.33. The zero-order valence-corrected chi connectivity index (χ0v) is 12.4. The Balaban J connectivity index is 2.31. The minimum Gasteiger partial charge on any atom is -0.481 e. The van der Waals surface area contributed by atoms with Crippen molar-refractivity contribution in [2.75, 3.05) is 11.8 Å². The predicted molar refractivity (Wildman–Crippen MR) is 77.8 cm³/mol. The summed E-state index contributed by atoms with van der Waals surface area (Å²) in [7, 11) is -2.40. The molecular formula is C13H10ClN3O3S. The third-order valence-corrected chi connectivity index (χ3v) is 4.41. The van der Waals surface area contributed by atoms with Crippen LogP contribution in [0, 0.1) is 11.3 Å². The van der Waals surface area contributed by atoms with Crippen molar-refractivity contribution in [2.24, 2.45) is 0 Å². The summed E-state index contributed by atoms with van der Waals surface area (Å²) >= 11 is 5.90. The Hall–Kier alpha value is -2.30. The van der Waals surface area contributed by atoms with Crippen molar-refractivity contribution in [1.82, 2.24) is 4.98 Å². The predicted octanol–water partition coefficient (Wildman–Crippen LogP) is 2.42. The van der Waals surface area contributed by atoms with Crippen LogP contribution >= 0.6 is 11.6 Å². The quantitative estimate of drug-likeness (QED) is 0.932. The number of anilines is 1. The van der Waals surface area contributed by atoms with E-state index in [2.05, 4.69) is 9.71 Å². The Morgan fingerprint density at radius 1 is 1.33 bits per heavy atom. The number of hydrogen-bond donors (Lipinski definition) is 1. The molecule has 0 aliphatic rings. The molecule has 108 valence electrons. The van der Waals surface area contributed by atoms with Gasteiger partial charge in [-0.25, -0.2) is 13.4 Å². The number of pyridine rings is 1. The molecule has 21 heavy (non-hydrogen) atoms. The number of benzene rings is 1. The largest absolute Gasteiger partial charge is 0.481 e. The van der Waals surface area contributed by atoms with Gasteiger partial charge in [-0.3, -0.25) is 4.72 Å². The smallest absolute Gasteiger partial charge is 0.263 e. The maximum absolute atomic E-state index is 12.2. The number of nitriles is 1. The zero-order valence-electron chi connectivity index (χ0n) is 10.9. The van der Waals surface area contributed by atoms with Crippen LogP contribution < -0.4 is 9.46 Å². The third-order valence-electron chi connectivity index (χ3n) is 2.55. The van der Waals surface area contributed by atoms with E-state index in [1.165, 1.54) is 43.6 Å². The molecule has 1 aromatic heterocycles. The van der Waals surface area contributed by atoms with Crippen molar-refractivity contribution in [3.63, 3.8) is 0 Å². The Morgan fingerprint density at radius 2 is 2.10 bits per heavy atom. The van der Waals surface area contributed by atoms with E-state index in [1.54, 1.807) is 0 Å². The van der Waals surface area contributed by atoms with Crippen molar-refractivity contribution in [3.05, 3.63) is 47.1 Å². The average Bonchev–Trinajstić information content (AvgIpc) is 2.47. The van der Waals surface area contributed by atoms with Gasteiger partial charge in [0, 0.05) is 6.07 Å². The van der Waals surface area contributed by atoms with Gasteiger partial charge in [0.05, 0.1) is 35.6 Å². The summed E-state index contributed by atoms with van der Waals surface area (Å²) in [6.45, 7) is 0. The summed E-state index contributed by atoms with van der Waals surface area (Å²) in [6, 6.07) is 8.88. The van der Waals surface area contributed by atoms with Gasteiger partial charge >= 0.3 is 0 Å². The lowest BCUT2D eigenvalue weighted by Crippen LogP contribution is -2.13. The van der Waals surface area contributed by atoms with Crippen molar-refractivity contribution >= 4 is 27.3 Å². The molecular weight excluding hydrogens is 314 g/mol. The number of methoxy groups -OCH3 is 1. The van der Waals surface area contributed by atoms with Gasteiger partial charge in [0.1, 0.15) is 4.90 Å². The third kappa shape index (κ3) is 3.42. The highest BCUT2D eigenvalue weighted by Gasteiger charge is 2.18. The molecule has 0 spiro atoms. The van der Waals surface area contributed by atoms with E-state index < -0.39 is 10.0 Å². The van der Waals surface area contributed by atoms with Crippen molar-refractivity contribution < 1.29 is 13.2 Å². The summed E-state index contributed by atoms with van der Waals surface area (Å²) in [5.74, 6) is 0.370. The highest BCUT2D eigenvalue weighted by molar-refractivity contribution is 7.92. The molecule has 0 saturated carbocycles. The first-order chi connectivity index (χ1) is 9.96. The Morgan fingerprint density at radius 3 is 2.62 bits per heavy atom. The number of nitrogens with zero attached hydrogens (tertiary/aromatic N) is 2. The number of hydrogen-bond acceptors (Lipinski definition) is 5. The molecule has 8 heteroatoms. The molecule has 0 saturated heterocycles. The fourth-order valence-electron chi connectivity index (χ4n) is 1.56. The van der Waals surface area contributed by atoms with Crippen LogP contribution in [0.25, 0.3) is 0 Å². The number of ether oxygens (including phenoxy) is 1. The minimum absolute atomic E-state index is 0.0250. The highest BCUT2D eigenvalue weighted by Crippen LogP contribution is 2.25. The van der Waals surface area contributed by atoms with Crippen LogP contribution in [0.2, 0.25) is 5.02 Å². The summed E-state index contributed by atoms with van der Waals surface area (Å²) < 4.78 is 31.7. The molecule has 1 N–H and O–H groups in total. The molecule has 0 fully saturated rings. The van der Waals surface area contributed by atoms with Crippen LogP contribution in [0.4, 0.5) is 5.69 Å². The first-order valence-electron chi connectivity index (χ1n) is 5.69. The van der Waals surface area contributed by atoms with E-state index in [1.807, 2.05) is 6.07 Å². The van der Waals surface area contributed by atoms with Crippen LogP contribution in [-0.2, 0) is 10.0 Å². The molecule has 0 unspecified atom stereocenters. The second-order valence-corrected chi connectivity index (χ2v) is 6.01. The van der Waals surface area contributed by atoms with Gasteiger partial charge in [-0.2, -0.15) is 5.26 Å². The first kappa shape index (κ1) is 15.1. The van der Waals surface area contributed by atoms with Crippen molar-refractivity contribution in [1.29, 1.82) is 5.26 Å². The van der Waals surface area contributed by atoms with E-state index in [9.17, 15) is 8.42 Å². The summed E-state index contributed by atoms with van der Waals surface area (Å²) in [5, 5.41) is 8.72. The molecule has 1 aromatic carbocycles. The van der Waals surface area contributed by atoms with Crippen LogP contribution in [0.15, 0.2) is 41.4 Å².